The number of carbonyl (C=O) groups is 1. The predicted molar refractivity (Wildman–Crippen MR) is 111 cm³/mol. The van der Waals surface area contributed by atoms with E-state index in [9.17, 15) is 4.79 Å². The highest BCUT2D eigenvalue weighted by Crippen LogP contribution is 2.32. The highest BCUT2D eigenvalue weighted by Gasteiger charge is 2.28. The lowest BCUT2D eigenvalue weighted by Gasteiger charge is -2.32. The molecule has 0 radical (unpaired) electrons. The number of amides is 1. The Balaban J connectivity index is 1.81. The number of anilines is 1. The van der Waals surface area contributed by atoms with Crippen LogP contribution in [0.1, 0.15) is 23.1 Å². The van der Waals surface area contributed by atoms with Crippen LogP contribution in [0.3, 0.4) is 0 Å². The molecule has 0 saturated carbocycles. The molecule has 0 saturated heterocycles. The van der Waals surface area contributed by atoms with Crippen LogP contribution in [0.15, 0.2) is 34.8 Å². The summed E-state index contributed by atoms with van der Waals surface area (Å²) in [6, 6.07) is 9.10. The first-order valence-electron chi connectivity index (χ1n) is 9.01. The number of nitrogens with two attached hydrogens (primary N) is 1. The Bertz CT molecular complexity index is 830. The Morgan fingerprint density at radius 3 is 2.63 bits per heavy atom. The molecular weight excluding hydrogens is 408 g/mol. The maximum absolute atomic E-state index is 13.1. The van der Waals surface area contributed by atoms with Gasteiger partial charge in [0, 0.05) is 16.7 Å². The Kier molecular flexibility index (Phi) is 6.07. The van der Waals surface area contributed by atoms with Crippen molar-refractivity contribution in [1.29, 1.82) is 0 Å². The van der Waals surface area contributed by atoms with Gasteiger partial charge in [-0.3, -0.25) is 4.79 Å². The Hall–Kier alpha value is -2.05. The van der Waals surface area contributed by atoms with Gasteiger partial charge in [0.2, 0.25) is 5.91 Å². The van der Waals surface area contributed by atoms with Crippen molar-refractivity contribution in [3.63, 3.8) is 0 Å². The molecule has 2 N–H and O–H groups in total. The lowest BCUT2D eigenvalue weighted by molar-refractivity contribution is -0.119. The molecule has 0 aliphatic carbocycles. The van der Waals surface area contributed by atoms with Crippen molar-refractivity contribution in [3.05, 3.63) is 51.5 Å². The van der Waals surface area contributed by atoms with E-state index in [1.807, 2.05) is 42.2 Å². The fourth-order valence-electron chi connectivity index (χ4n) is 3.56. The number of benzene rings is 2. The minimum Gasteiger partial charge on any atom is -0.497 e. The molecule has 1 heterocycles. The highest BCUT2D eigenvalue weighted by atomic mass is 79.9. The van der Waals surface area contributed by atoms with Crippen molar-refractivity contribution in [2.75, 3.05) is 25.7 Å². The third kappa shape index (κ3) is 4.12. The van der Waals surface area contributed by atoms with Crippen molar-refractivity contribution < 1.29 is 14.3 Å². The second-order valence-electron chi connectivity index (χ2n) is 6.80. The average molecular weight is 433 g/mol. The SMILES string of the molecule is COc1cc(C)c(C[C@H](N)C(=O)N2CCCc3cc(OC)ccc32)c(Br)c1. The summed E-state index contributed by atoms with van der Waals surface area (Å²) in [5.41, 5.74) is 10.5. The van der Waals surface area contributed by atoms with E-state index in [4.69, 9.17) is 15.2 Å². The Labute approximate surface area is 168 Å². The second-order valence-corrected chi connectivity index (χ2v) is 7.66. The fourth-order valence-corrected chi connectivity index (χ4v) is 4.26. The van der Waals surface area contributed by atoms with Crippen LogP contribution < -0.4 is 20.1 Å². The van der Waals surface area contributed by atoms with Gasteiger partial charge in [0.05, 0.1) is 20.3 Å². The summed E-state index contributed by atoms with van der Waals surface area (Å²) in [6.45, 7) is 2.69. The van der Waals surface area contributed by atoms with E-state index >= 15 is 0 Å². The molecule has 1 aliphatic rings. The molecule has 5 nitrogen and oxygen atoms in total. The quantitative estimate of drug-likeness (QED) is 0.783. The van der Waals surface area contributed by atoms with Gasteiger partial charge in [-0.2, -0.15) is 0 Å². The van der Waals surface area contributed by atoms with E-state index in [2.05, 4.69) is 15.9 Å². The first-order chi connectivity index (χ1) is 12.9. The Morgan fingerprint density at radius 2 is 1.96 bits per heavy atom. The van der Waals surface area contributed by atoms with Gasteiger partial charge in [0.25, 0.3) is 0 Å². The van der Waals surface area contributed by atoms with Gasteiger partial charge in [0.1, 0.15) is 11.5 Å². The van der Waals surface area contributed by atoms with E-state index in [0.29, 0.717) is 13.0 Å². The van der Waals surface area contributed by atoms with Crippen LogP contribution in [0.2, 0.25) is 0 Å². The maximum atomic E-state index is 13.1. The summed E-state index contributed by atoms with van der Waals surface area (Å²) in [5.74, 6) is 1.54. The van der Waals surface area contributed by atoms with Gasteiger partial charge in [-0.15, -0.1) is 0 Å². The van der Waals surface area contributed by atoms with Crippen LogP contribution >= 0.6 is 15.9 Å². The van der Waals surface area contributed by atoms with Crippen molar-refractivity contribution in [3.8, 4) is 11.5 Å². The van der Waals surface area contributed by atoms with E-state index < -0.39 is 6.04 Å². The molecular formula is C21H25BrN2O3. The number of hydrogen-bond donors (Lipinski definition) is 1. The third-order valence-electron chi connectivity index (χ3n) is 5.04. The fraction of sp³-hybridized carbons (Fsp3) is 0.381. The molecule has 27 heavy (non-hydrogen) atoms. The summed E-state index contributed by atoms with van der Waals surface area (Å²) in [6.07, 6.45) is 2.33. The molecule has 3 rings (SSSR count). The van der Waals surface area contributed by atoms with Crippen molar-refractivity contribution >= 4 is 27.5 Å². The first-order valence-corrected chi connectivity index (χ1v) is 9.80. The van der Waals surface area contributed by atoms with Crippen LogP contribution in [-0.2, 0) is 17.6 Å². The smallest absolute Gasteiger partial charge is 0.244 e. The van der Waals surface area contributed by atoms with Gasteiger partial charge < -0.3 is 20.1 Å². The lowest BCUT2D eigenvalue weighted by Crippen LogP contribution is -2.47. The average Bonchev–Trinajstić information content (AvgIpc) is 2.68. The van der Waals surface area contributed by atoms with Crippen LogP contribution in [0.25, 0.3) is 0 Å². The van der Waals surface area contributed by atoms with Crippen molar-refractivity contribution in [1.82, 2.24) is 0 Å². The first kappa shape index (κ1) is 19.7. The van der Waals surface area contributed by atoms with Crippen LogP contribution in [0.5, 0.6) is 11.5 Å². The maximum Gasteiger partial charge on any atom is 0.244 e. The van der Waals surface area contributed by atoms with E-state index in [1.54, 1.807) is 14.2 Å². The number of carbonyl (C=O) groups excluding carboxylic acids is 1. The Morgan fingerprint density at radius 1 is 1.22 bits per heavy atom. The topological polar surface area (TPSA) is 64.8 Å². The molecule has 0 spiro atoms. The molecule has 2 aromatic carbocycles. The largest absolute Gasteiger partial charge is 0.497 e. The van der Waals surface area contributed by atoms with E-state index in [0.717, 1.165) is 51.2 Å². The standard InChI is InChI=1S/C21H25BrN2O3/c1-13-9-16(27-3)11-18(22)17(13)12-19(23)21(25)24-8-4-5-14-10-15(26-2)6-7-20(14)24/h6-7,9-11,19H,4-5,8,12,23H2,1-3H3/t19-/m0/s1. The molecule has 0 bridgehead atoms. The van der Waals surface area contributed by atoms with Gasteiger partial charge in [-0.25, -0.2) is 0 Å². The summed E-state index contributed by atoms with van der Waals surface area (Å²) in [7, 11) is 3.29. The van der Waals surface area contributed by atoms with Crippen LogP contribution in [0, 0.1) is 6.92 Å². The van der Waals surface area contributed by atoms with Crippen LogP contribution in [0.4, 0.5) is 5.69 Å². The second kappa shape index (κ2) is 8.31. The molecule has 0 fully saturated rings. The monoisotopic (exact) mass is 432 g/mol. The van der Waals surface area contributed by atoms with Crippen molar-refractivity contribution in [2.24, 2.45) is 5.73 Å². The summed E-state index contributed by atoms with van der Waals surface area (Å²) >= 11 is 3.58. The molecule has 1 amide bonds. The number of fused-ring (bicyclic) bond motifs is 1. The minimum absolute atomic E-state index is 0.0526. The highest BCUT2D eigenvalue weighted by molar-refractivity contribution is 9.10. The predicted octanol–water partition coefficient (Wildman–Crippen LogP) is 3.62. The van der Waals surface area contributed by atoms with Crippen LogP contribution in [-0.4, -0.2) is 32.7 Å². The zero-order chi connectivity index (χ0) is 19.6. The number of ether oxygens (including phenoxy) is 2. The number of nitrogens with zero attached hydrogens (tertiary/aromatic N) is 1. The zero-order valence-electron chi connectivity index (χ0n) is 15.9. The molecule has 1 atom stereocenters. The summed E-state index contributed by atoms with van der Waals surface area (Å²) in [5, 5.41) is 0. The normalized spacial score (nSPS) is 14.5. The number of methoxy groups -OCH3 is 2. The molecule has 6 heteroatoms. The number of aryl methyl sites for hydroxylation is 2. The third-order valence-corrected chi connectivity index (χ3v) is 5.75. The molecule has 2 aromatic rings. The minimum atomic E-state index is -0.610. The van der Waals surface area contributed by atoms with E-state index in [1.165, 1.54) is 0 Å². The summed E-state index contributed by atoms with van der Waals surface area (Å²) < 4.78 is 11.5. The lowest BCUT2D eigenvalue weighted by atomic mass is 9.97. The molecule has 1 aliphatic heterocycles. The molecule has 0 aromatic heterocycles. The number of halogens is 1. The zero-order valence-corrected chi connectivity index (χ0v) is 17.5. The number of rotatable bonds is 5. The van der Waals surface area contributed by atoms with Gasteiger partial charge in [-0.05, 0) is 73.2 Å². The molecule has 0 unspecified atom stereocenters. The van der Waals surface area contributed by atoms with E-state index in [-0.39, 0.29) is 5.91 Å². The van der Waals surface area contributed by atoms with Gasteiger partial charge in [0.15, 0.2) is 0 Å². The van der Waals surface area contributed by atoms with Crippen molar-refractivity contribution in [2.45, 2.75) is 32.2 Å². The van der Waals surface area contributed by atoms with Gasteiger partial charge >= 0.3 is 0 Å². The number of hydrogen-bond acceptors (Lipinski definition) is 4. The van der Waals surface area contributed by atoms with Gasteiger partial charge in [-0.1, -0.05) is 15.9 Å². The summed E-state index contributed by atoms with van der Waals surface area (Å²) in [4.78, 5) is 14.9. The molecule has 144 valence electrons.